The minimum Gasteiger partial charge on any atom is -0.278 e. The zero-order valence-electron chi connectivity index (χ0n) is 32.6. The zero-order chi connectivity index (χ0) is 40.1. The van der Waals surface area contributed by atoms with E-state index < -0.39 is 8.07 Å². The highest BCUT2D eigenvalue weighted by molar-refractivity contribution is 7.26. The Kier molecular flexibility index (Phi) is 7.36. The number of aromatic nitrogens is 7. The molecule has 13 aromatic rings. The Bertz CT molecular complexity index is 3750. The van der Waals surface area contributed by atoms with Crippen molar-refractivity contribution in [2.75, 3.05) is 0 Å². The molecule has 13 rings (SSSR count). The molecule has 0 N–H and O–H groups in total. The van der Waals surface area contributed by atoms with E-state index in [-0.39, 0.29) is 0 Å². The molecular formula is C52H33N7SSi. The molecule has 0 saturated carbocycles. The van der Waals surface area contributed by atoms with Gasteiger partial charge in [0.25, 0.3) is 0 Å². The van der Waals surface area contributed by atoms with Crippen LogP contribution in [0.1, 0.15) is 0 Å². The summed E-state index contributed by atoms with van der Waals surface area (Å²) in [5.74, 6) is 1.80. The van der Waals surface area contributed by atoms with Crippen LogP contribution in [0.4, 0.5) is 0 Å². The standard InChI is InChI=1S/C52H33N7SSi/c1-3-17-34(18-4-1)61(35-19-5-2-6-20-35,36-31-32-48-40(33-36)39-23-9-16-30-47(39)60-48)51-55-49(57-42-25-11-7-21-37(42)38-22-8-12-26-43(38)57)54-50(56-51)59-46-29-15-14-28-45(46)58-44-27-13-10-24-41(44)53-52(58)59/h1-33H. The third-order valence-corrected chi connectivity index (χ3v) is 17.9. The number of hydrogen-bond acceptors (Lipinski definition) is 5. The van der Waals surface area contributed by atoms with Crippen molar-refractivity contribution in [1.82, 2.24) is 33.5 Å². The summed E-state index contributed by atoms with van der Waals surface area (Å²) in [6.45, 7) is 0. The molecule has 0 atom stereocenters. The number of thiophene rings is 1. The first-order chi connectivity index (χ1) is 30.3. The van der Waals surface area contributed by atoms with Gasteiger partial charge >= 0.3 is 0 Å². The van der Waals surface area contributed by atoms with Crippen LogP contribution in [0.3, 0.4) is 0 Å². The van der Waals surface area contributed by atoms with Crippen LogP contribution in [-0.2, 0) is 0 Å². The van der Waals surface area contributed by atoms with E-state index in [0.717, 1.165) is 55.1 Å². The maximum absolute atomic E-state index is 5.79. The third kappa shape index (κ3) is 4.90. The van der Waals surface area contributed by atoms with Crippen LogP contribution in [0.15, 0.2) is 200 Å². The van der Waals surface area contributed by atoms with Crippen LogP contribution in [0.5, 0.6) is 0 Å². The monoisotopic (exact) mass is 815 g/mol. The Morgan fingerprint density at radius 1 is 0.361 bits per heavy atom. The summed E-state index contributed by atoms with van der Waals surface area (Å²) in [6, 6.07) is 71.4. The van der Waals surface area contributed by atoms with Gasteiger partial charge in [-0.15, -0.1) is 11.3 Å². The van der Waals surface area contributed by atoms with E-state index in [1.807, 2.05) is 17.4 Å². The Morgan fingerprint density at radius 3 is 1.57 bits per heavy atom. The predicted octanol–water partition coefficient (Wildman–Crippen LogP) is 9.46. The van der Waals surface area contributed by atoms with E-state index in [4.69, 9.17) is 19.9 Å². The Hall–Kier alpha value is -7.72. The smallest absolute Gasteiger partial charge is 0.241 e. The molecule has 0 fully saturated rings. The fourth-order valence-corrected chi connectivity index (χ4v) is 15.1. The molecule has 286 valence electrons. The summed E-state index contributed by atoms with van der Waals surface area (Å²) >= 11 is 1.83. The van der Waals surface area contributed by atoms with Gasteiger partial charge < -0.3 is 0 Å². The van der Waals surface area contributed by atoms with Crippen LogP contribution < -0.4 is 21.0 Å². The molecule has 0 spiro atoms. The number of nitrogens with zero attached hydrogens (tertiary/aromatic N) is 7. The van der Waals surface area contributed by atoms with Crippen LogP contribution in [0.2, 0.25) is 0 Å². The lowest BCUT2D eigenvalue weighted by Crippen LogP contribution is -2.76. The molecule has 9 heteroatoms. The van der Waals surface area contributed by atoms with E-state index in [0.29, 0.717) is 11.9 Å². The maximum Gasteiger partial charge on any atom is 0.241 e. The van der Waals surface area contributed by atoms with Gasteiger partial charge in [0.2, 0.25) is 25.7 Å². The van der Waals surface area contributed by atoms with Crippen molar-refractivity contribution in [3.05, 3.63) is 200 Å². The molecule has 61 heavy (non-hydrogen) atoms. The highest BCUT2D eigenvalue weighted by Crippen LogP contribution is 2.35. The minimum absolute atomic E-state index is 0.508. The molecule has 5 heterocycles. The molecule has 0 radical (unpaired) electrons. The van der Waals surface area contributed by atoms with Gasteiger partial charge in [-0.2, -0.15) is 4.98 Å². The van der Waals surface area contributed by atoms with E-state index in [2.05, 4.69) is 208 Å². The number of benzene rings is 8. The Morgan fingerprint density at radius 2 is 0.885 bits per heavy atom. The lowest BCUT2D eigenvalue weighted by molar-refractivity contribution is 0.895. The van der Waals surface area contributed by atoms with Crippen LogP contribution in [0.25, 0.3) is 81.7 Å². The predicted molar refractivity (Wildman–Crippen MR) is 254 cm³/mol. The summed E-state index contributed by atoms with van der Waals surface area (Å²) in [7, 11) is -3.38. The largest absolute Gasteiger partial charge is 0.278 e. The van der Waals surface area contributed by atoms with Crippen LogP contribution in [0, 0.1) is 0 Å². The molecular weight excluding hydrogens is 783 g/mol. The topological polar surface area (TPSA) is 65.8 Å². The lowest BCUT2D eigenvalue weighted by atomic mass is 10.1. The third-order valence-electron chi connectivity index (χ3n) is 12.3. The fourth-order valence-electron chi connectivity index (χ4n) is 9.63. The average molecular weight is 816 g/mol. The van der Waals surface area contributed by atoms with Crippen molar-refractivity contribution in [2.24, 2.45) is 0 Å². The van der Waals surface area contributed by atoms with E-state index in [1.54, 1.807) is 0 Å². The van der Waals surface area contributed by atoms with Crippen molar-refractivity contribution in [3.63, 3.8) is 0 Å². The summed E-state index contributed by atoms with van der Waals surface area (Å²) in [6.07, 6.45) is 0. The van der Waals surface area contributed by atoms with Crippen molar-refractivity contribution in [2.45, 2.75) is 0 Å². The van der Waals surface area contributed by atoms with Crippen molar-refractivity contribution >= 4 is 110 Å². The molecule has 0 aliphatic carbocycles. The fraction of sp³-hybridized carbons (Fsp3) is 0. The summed E-state index contributed by atoms with van der Waals surface area (Å²) in [4.78, 5) is 22.4. The molecule has 5 aromatic heterocycles. The highest BCUT2D eigenvalue weighted by Gasteiger charge is 2.46. The molecule has 7 nitrogen and oxygen atoms in total. The molecule has 8 aromatic carbocycles. The van der Waals surface area contributed by atoms with Gasteiger partial charge in [-0.3, -0.25) is 8.97 Å². The molecule has 0 amide bonds. The highest BCUT2D eigenvalue weighted by atomic mass is 32.1. The number of fused-ring (bicyclic) bond motifs is 11. The second kappa shape index (κ2) is 13.1. The van der Waals surface area contributed by atoms with Crippen LogP contribution >= 0.6 is 11.3 Å². The zero-order valence-corrected chi connectivity index (χ0v) is 34.4. The van der Waals surface area contributed by atoms with Crippen molar-refractivity contribution < 1.29 is 0 Å². The SMILES string of the molecule is c1ccc([Si](c2ccccc2)(c2ccc3sc4ccccc4c3c2)c2nc(-n3c4ccccc4c4ccccc43)nc(-n3c4ccccc4n4c5ccccc5nc34)n2)cc1. The minimum atomic E-state index is -3.38. The van der Waals surface area contributed by atoms with E-state index >= 15 is 0 Å². The van der Waals surface area contributed by atoms with Crippen LogP contribution in [-0.4, -0.2) is 41.5 Å². The Balaban J connectivity index is 1.23. The van der Waals surface area contributed by atoms with Gasteiger partial charge in [-0.25, -0.2) is 19.5 Å². The van der Waals surface area contributed by atoms with Gasteiger partial charge in [0.1, 0.15) is 5.45 Å². The number of imidazole rings is 2. The van der Waals surface area contributed by atoms with E-state index in [1.165, 1.54) is 35.7 Å². The van der Waals surface area contributed by atoms with E-state index in [9.17, 15) is 0 Å². The summed E-state index contributed by atoms with van der Waals surface area (Å²) in [5, 5.41) is 8.32. The first-order valence-electron chi connectivity index (χ1n) is 20.4. The van der Waals surface area contributed by atoms with Gasteiger partial charge in [0.15, 0.2) is 0 Å². The average Bonchev–Trinajstić information content (AvgIpc) is 4.07. The van der Waals surface area contributed by atoms with Crippen molar-refractivity contribution in [3.8, 4) is 11.9 Å². The first kappa shape index (κ1) is 34.2. The second-order valence-electron chi connectivity index (χ2n) is 15.5. The summed E-state index contributed by atoms with van der Waals surface area (Å²) in [5.41, 5.74) is 6.70. The summed E-state index contributed by atoms with van der Waals surface area (Å²) < 4.78 is 9.09. The molecule has 0 aliphatic rings. The number of hydrogen-bond donors (Lipinski definition) is 0. The maximum atomic E-state index is 5.79. The first-order valence-corrected chi connectivity index (χ1v) is 23.2. The molecule has 0 aliphatic heterocycles. The molecule has 0 saturated heterocycles. The number of para-hydroxylation sites is 6. The van der Waals surface area contributed by atoms with Crippen molar-refractivity contribution in [1.29, 1.82) is 0 Å². The normalized spacial score (nSPS) is 12.3. The van der Waals surface area contributed by atoms with Gasteiger partial charge in [-0.1, -0.05) is 152 Å². The molecule has 0 unspecified atom stereocenters. The quantitative estimate of drug-likeness (QED) is 0.124. The number of rotatable bonds is 6. The lowest BCUT2D eigenvalue weighted by Gasteiger charge is -2.32. The molecule has 0 bridgehead atoms. The van der Waals surface area contributed by atoms with Gasteiger partial charge in [-0.05, 0) is 64.1 Å². The Labute approximate surface area is 354 Å². The van der Waals surface area contributed by atoms with Gasteiger partial charge in [0, 0.05) is 30.9 Å². The van der Waals surface area contributed by atoms with Gasteiger partial charge in [0.05, 0.1) is 33.1 Å². The second-order valence-corrected chi connectivity index (χ2v) is 20.2.